The Balaban J connectivity index is 1.41. The van der Waals surface area contributed by atoms with Crippen LogP contribution in [-0.4, -0.2) is 29.1 Å². The van der Waals surface area contributed by atoms with Crippen LogP contribution < -0.4 is 0 Å². The lowest BCUT2D eigenvalue weighted by Crippen LogP contribution is -2.32. The Labute approximate surface area is 153 Å². The van der Waals surface area contributed by atoms with Crippen LogP contribution in [0.25, 0.3) is 10.8 Å². The van der Waals surface area contributed by atoms with Crippen LogP contribution in [0.4, 0.5) is 0 Å². The van der Waals surface area contributed by atoms with Gasteiger partial charge in [-0.25, -0.2) is 4.79 Å². The topological polar surface area (TPSA) is 40.5 Å². The normalized spacial score (nSPS) is 16.0. The molecule has 1 N–H and O–H groups in total. The van der Waals surface area contributed by atoms with Gasteiger partial charge in [0.05, 0.1) is 5.56 Å². The van der Waals surface area contributed by atoms with Crippen molar-refractivity contribution in [3.8, 4) is 0 Å². The molecule has 3 heteroatoms. The summed E-state index contributed by atoms with van der Waals surface area (Å²) in [6, 6.07) is 22.6. The molecule has 0 spiro atoms. The second kappa shape index (κ2) is 7.30. The van der Waals surface area contributed by atoms with Gasteiger partial charge in [-0.3, -0.25) is 4.90 Å². The number of likely N-dealkylation sites (tertiary alicyclic amines) is 1. The molecule has 1 heterocycles. The van der Waals surface area contributed by atoms with Crippen LogP contribution in [0.2, 0.25) is 0 Å². The lowest BCUT2D eigenvalue weighted by Gasteiger charge is -2.32. The van der Waals surface area contributed by atoms with Gasteiger partial charge in [0.25, 0.3) is 0 Å². The van der Waals surface area contributed by atoms with Crippen molar-refractivity contribution in [2.45, 2.75) is 25.3 Å². The molecule has 0 amide bonds. The van der Waals surface area contributed by atoms with Crippen molar-refractivity contribution < 1.29 is 9.90 Å². The van der Waals surface area contributed by atoms with Gasteiger partial charge in [0, 0.05) is 6.54 Å². The molecule has 1 aliphatic heterocycles. The Kier molecular flexibility index (Phi) is 4.72. The molecule has 1 aliphatic rings. The minimum absolute atomic E-state index is 0.350. The monoisotopic (exact) mass is 345 g/mol. The van der Waals surface area contributed by atoms with Crippen LogP contribution in [0, 0.1) is 0 Å². The van der Waals surface area contributed by atoms with Crippen molar-refractivity contribution >= 4 is 16.7 Å². The van der Waals surface area contributed by atoms with E-state index in [1.807, 2.05) is 12.1 Å². The van der Waals surface area contributed by atoms with E-state index in [4.69, 9.17) is 5.11 Å². The first-order valence-corrected chi connectivity index (χ1v) is 9.23. The van der Waals surface area contributed by atoms with Crippen molar-refractivity contribution in [2.75, 3.05) is 13.1 Å². The summed E-state index contributed by atoms with van der Waals surface area (Å²) in [4.78, 5) is 13.4. The largest absolute Gasteiger partial charge is 0.478 e. The zero-order valence-corrected chi connectivity index (χ0v) is 14.8. The summed E-state index contributed by atoms with van der Waals surface area (Å²) in [6.45, 7) is 3.05. The summed E-state index contributed by atoms with van der Waals surface area (Å²) in [5.41, 5.74) is 3.01. The Morgan fingerprint density at radius 2 is 1.62 bits per heavy atom. The van der Waals surface area contributed by atoms with Crippen molar-refractivity contribution in [3.05, 3.63) is 83.4 Å². The van der Waals surface area contributed by atoms with Gasteiger partial charge in [-0.15, -0.1) is 0 Å². The first-order valence-electron chi connectivity index (χ1n) is 9.23. The molecular weight excluding hydrogens is 322 g/mol. The van der Waals surface area contributed by atoms with Crippen molar-refractivity contribution in [1.29, 1.82) is 0 Å². The van der Waals surface area contributed by atoms with Crippen molar-refractivity contribution in [2.24, 2.45) is 0 Å². The Bertz CT molecular complexity index is 904. The van der Waals surface area contributed by atoms with E-state index >= 15 is 0 Å². The lowest BCUT2D eigenvalue weighted by molar-refractivity contribution is 0.0697. The van der Waals surface area contributed by atoms with Gasteiger partial charge in [0.2, 0.25) is 0 Å². The highest BCUT2D eigenvalue weighted by atomic mass is 16.4. The Morgan fingerprint density at radius 3 is 2.35 bits per heavy atom. The van der Waals surface area contributed by atoms with Crippen molar-refractivity contribution in [1.82, 2.24) is 4.90 Å². The fourth-order valence-electron chi connectivity index (χ4n) is 4.02. The average Bonchev–Trinajstić information content (AvgIpc) is 2.69. The second-order valence-corrected chi connectivity index (χ2v) is 7.12. The number of hydrogen-bond donors (Lipinski definition) is 1. The van der Waals surface area contributed by atoms with Crippen LogP contribution in [0.1, 0.15) is 40.2 Å². The highest BCUT2D eigenvalue weighted by molar-refractivity contribution is 5.87. The zero-order chi connectivity index (χ0) is 17.9. The number of fused-ring (bicyclic) bond motifs is 1. The molecule has 0 bridgehead atoms. The third kappa shape index (κ3) is 3.49. The first-order chi connectivity index (χ1) is 12.7. The summed E-state index contributed by atoms with van der Waals surface area (Å²) in [7, 11) is 0. The molecule has 0 atom stereocenters. The van der Waals surface area contributed by atoms with E-state index in [1.54, 1.807) is 12.1 Å². The minimum atomic E-state index is -0.868. The molecule has 4 rings (SSSR count). The van der Waals surface area contributed by atoms with E-state index < -0.39 is 5.97 Å². The highest BCUT2D eigenvalue weighted by Crippen LogP contribution is 2.33. The number of rotatable bonds is 4. The first kappa shape index (κ1) is 16.8. The van der Waals surface area contributed by atoms with Gasteiger partial charge >= 0.3 is 5.97 Å². The van der Waals surface area contributed by atoms with Gasteiger partial charge in [-0.1, -0.05) is 54.6 Å². The molecule has 0 radical (unpaired) electrons. The van der Waals surface area contributed by atoms with Crippen LogP contribution in [0.3, 0.4) is 0 Å². The van der Waals surface area contributed by atoms with E-state index in [2.05, 4.69) is 47.4 Å². The van der Waals surface area contributed by atoms with E-state index in [1.165, 1.54) is 34.7 Å². The smallest absolute Gasteiger partial charge is 0.335 e. The van der Waals surface area contributed by atoms with Gasteiger partial charge in [0.15, 0.2) is 0 Å². The molecule has 0 saturated carbocycles. The number of benzene rings is 3. The second-order valence-electron chi connectivity index (χ2n) is 7.12. The highest BCUT2D eigenvalue weighted by Gasteiger charge is 2.22. The number of aromatic carboxylic acids is 1. The molecule has 3 aromatic carbocycles. The minimum Gasteiger partial charge on any atom is -0.478 e. The number of carboxylic acid groups (broad SMARTS) is 1. The molecule has 0 aliphatic carbocycles. The van der Waals surface area contributed by atoms with Crippen LogP contribution in [0.15, 0.2) is 66.7 Å². The van der Waals surface area contributed by atoms with Gasteiger partial charge in [-0.2, -0.15) is 0 Å². The third-order valence-electron chi connectivity index (χ3n) is 5.46. The fraction of sp³-hybridized carbons (Fsp3) is 0.261. The maximum Gasteiger partial charge on any atom is 0.335 e. The predicted molar refractivity (Wildman–Crippen MR) is 105 cm³/mol. The number of piperidine rings is 1. The molecule has 26 heavy (non-hydrogen) atoms. The predicted octanol–water partition coefficient (Wildman–Crippen LogP) is 4.92. The van der Waals surface area contributed by atoms with Gasteiger partial charge in [-0.05, 0) is 65.9 Å². The molecule has 1 saturated heterocycles. The van der Waals surface area contributed by atoms with Crippen LogP contribution in [0.5, 0.6) is 0 Å². The summed E-state index contributed by atoms with van der Waals surface area (Å²) < 4.78 is 0. The zero-order valence-electron chi connectivity index (χ0n) is 14.8. The SMILES string of the molecule is O=C(O)c1ccc(CN2CCC(c3cccc4ccccc34)CC2)cc1. The summed E-state index contributed by atoms with van der Waals surface area (Å²) in [5.74, 6) is -0.251. The molecule has 132 valence electrons. The van der Waals surface area contributed by atoms with Gasteiger partial charge in [0.1, 0.15) is 0 Å². The van der Waals surface area contributed by atoms with Crippen LogP contribution in [-0.2, 0) is 6.54 Å². The quantitative estimate of drug-likeness (QED) is 0.730. The Hall–Kier alpha value is -2.65. The maximum absolute atomic E-state index is 11.0. The van der Waals surface area contributed by atoms with E-state index in [0.717, 1.165) is 19.6 Å². The summed E-state index contributed by atoms with van der Waals surface area (Å²) in [5, 5.41) is 11.7. The van der Waals surface area contributed by atoms with E-state index in [-0.39, 0.29) is 0 Å². The number of nitrogens with zero attached hydrogens (tertiary/aromatic N) is 1. The standard InChI is InChI=1S/C23H23NO2/c25-23(26)20-10-8-17(9-11-20)16-24-14-12-19(13-15-24)22-7-3-5-18-4-1-2-6-21(18)22/h1-11,19H,12-16H2,(H,25,26). The van der Waals surface area contributed by atoms with E-state index in [0.29, 0.717) is 11.5 Å². The molecule has 3 aromatic rings. The van der Waals surface area contributed by atoms with Crippen LogP contribution >= 0.6 is 0 Å². The number of carboxylic acids is 1. The lowest BCUT2D eigenvalue weighted by atomic mass is 9.86. The molecule has 3 nitrogen and oxygen atoms in total. The molecule has 1 fully saturated rings. The maximum atomic E-state index is 11.0. The summed E-state index contributed by atoms with van der Waals surface area (Å²) in [6.07, 6.45) is 2.34. The number of hydrogen-bond acceptors (Lipinski definition) is 2. The fourth-order valence-corrected chi connectivity index (χ4v) is 4.02. The summed E-state index contributed by atoms with van der Waals surface area (Å²) >= 11 is 0. The molecule has 0 unspecified atom stereocenters. The number of carbonyl (C=O) groups is 1. The van der Waals surface area contributed by atoms with Gasteiger partial charge < -0.3 is 5.11 Å². The molecule has 0 aromatic heterocycles. The van der Waals surface area contributed by atoms with E-state index in [9.17, 15) is 4.79 Å². The third-order valence-corrected chi connectivity index (χ3v) is 5.46. The van der Waals surface area contributed by atoms with Crippen molar-refractivity contribution in [3.63, 3.8) is 0 Å². The average molecular weight is 345 g/mol. The molecular formula is C23H23NO2. The Morgan fingerprint density at radius 1 is 0.923 bits per heavy atom.